The van der Waals surface area contributed by atoms with E-state index in [-0.39, 0.29) is 22.2 Å². The topological polar surface area (TPSA) is 32.7 Å². The van der Waals surface area contributed by atoms with Gasteiger partial charge in [-0.15, -0.1) is 11.8 Å². The van der Waals surface area contributed by atoms with Crippen molar-refractivity contribution in [3.63, 3.8) is 0 Å². The Morgan fingerprint density at radius 2 is 2.09 bits per heavy atom. The van der Waals surface area contributed by atoms with Gasteiger partial charge < -0.3 is 0 Å². The molecule has 0 N–H and O–H groups in total. The first kappa shape index (κ1) is 17.1. The van der Waals surface area contributed by atoms with Crippen molar-refractivity contribution < 1.29 is 22.4 Å². The Hall–Kier alpha value is -1.22. The number of nitrogens with zero attached hydrogens (tertiary/aromatic N) is 2. The standard InChI is InChI=1S/C13H12F4N2OS2/c1-7-3-8(14)9(4-10(7)22-6-13(15,16)17)19-11(20)5-21-12(19)18-2/h3-4H,5-6H2,1-2H3. The SMILES string of the molecule is CN=C1SCC(=O)N1c1cc(SCC(F)(F)F)c(C)cc1F. The predicted octanol–water partition coefficient (Wildman–Crippen LogP) is 3.85. The number of carbonyl (C=O) groups excluding carboxylic acids is 1. The van der Waals surface area contributed by atoms with Crippen LogP contribution in [0.15, 0.2) is 22.0 Å². The van der Waals surface area contributed by atoms with Crippen molar-refractivity contribution in [3.8, 4) is 0 Å². The first-order valence-corrected chi connectivity index (χ1v) is 8.12. The van der Waals surface area contributed by atoms with Crippen LogP contribution < -0.4 is 4.90 Å². The fraction of sp³-hybridized carbons (Fsp3) is 0.385. The monoisotopic (exact) mass is 352 g/mol. The van der Waals surface area contributed by atoms with Gasteiger partial charge in [0.25, 0.3) is 0 Å². The molecule has 0 radical (unpaired) electrons. The summed E-state index contributed by atoms with van der Waals surface area (Å²) < 4.78 is 51.2. The first-order valence-electron chi connectivity index (χ1n) is 6.15. The number of carbonyl (C=O) groups is 1. The Labute approximate surface area is 133 Å². The van der Waals surface area contributed by atoms with Gasteiger partial charge >= 0.3 is 6.18 Å². The molecule has 0 bridgehead atoms. The lowest BCUT2D eigenvalue weighted by atomic mass is 10.2. The lowest BCUT2D eigenvalue weighted by molar-refractivity contribution is -0.115. The molecule has 22 heavy (non-hydrogen) atoms. The van der Waals surface area contributed by atoms with Gasteiger partial charge in [-0.3, -0.25) is 14.7 Å². The van der Waals surface area contributed by atoms with Gasteiger partial charge in [-0.1, -0.05) is 11.8 Å². The number of amidine groups is 1. The van der Waals surface area contributed by atoms with Crippen molar-refractivity contribution in [3.05, 3.63) is 23.5 Å². The third kappa shape index (κ3) is 3.75. The summed E-state index contributed by atoms with van der Waals surface area (Å²) in [6, 6.07) is 2.41. The maximum atomic E-state index is 14.1. The second-order valence-electron chi connectivity index (χ2n) is 4.50. The van der Waals surface area contributed by atoms with Crippen LogP contribution in [0.1, 0.15) is 5.56 Å². The minimum atomic E-state index is -4.32. The fourth-order valence-corrected chi connectivity index (χ4v) is 3.53. The number of rotatable bonds is 3. The van der Waals surface area contributed by atoms with Crippen LogP contribution >= 0.6 is 23.5 Å². The molecule has 2 rings (SSSR count). The van der Waals surface area contributed by atoms with E-state index in [9.17, 15) is 22.4 Å². The second-order valence-corrected chi connectivity index (χ2v) is 6.46. The maximum Gasteiger partial charge on any atom is 0.398 e. The highest BCUT2D eigenvalue weighted by atomic mass is 32.2. The van der Waals surface area contributed by atoms with Gasteiger partial charge in [-0.05, 0) is 24.6 Å². The molecule has 1 aromatic rings. The maximum absolute atomic E-state index is 14.1. The summed E-state index contributed by atoms with van der Waals surface area (Å²) in [6.07, 6.45) is -4.32. The van der Waals surface area contributed by atoms with Crippen molar-refractivity contribution in [1.82, 2.24) is 0 Å². The van der Waals surface area contributed by atoms with Crippen LogP contribution in [0.5, 0.6) is 0 Å². The van der Waals surface area contributed by atoms with E-state index in [4.69, 9.17) is 0 Å². The third-order valence-corrected chi connectivity index (χ3v) is 5.07. The van der Waals surface area contributed by atoms with Gasteiger partial charge in [-0.2, -0.15) is 13.2 Å². The summed E-state index contributed by atoms with van der Waals surface area (Å²) in [5.74, 6) is -1.95. The second kappa shape index (κ2) is 6.49. The van der Waals surface area contributed by atoms with Crippen molar-refractivity contribution in [2.45, 2.75) is 18.0 Å². The summed E-state index contributed by atoms with van der Waals surface area (Å²) in [7, 11) is 1.47. The molecule has 1 heterocycles. The fourth-order valence-electron chi connectivity index (χ4n) is 1.89. The van der Waals surface area contributed by atoms with Crippen LogP contribution in [-0.2, 0) is 4.79 Å². The van der Waals surface area contributed by atoms with E-state index in [1.165, 1.54) is 20.0 Å². The summed E-state index contributed by atoms with van der Waals surface area (Å²) in [5.41, 5.74) is 0.329. The van der Waals surface area contributed by atoms with E-state index in [0.29, 0.717) is 22.5 Å². The van der Waals surface area contributed by atoms with Crippen molar-refractivity contribution in [2.24, 2.45) is 4.99 Å². The predicted molar refractivity (Wildman–Crippen MR) is 81.2 cm³/mol. The Bertz CT molecular complexity index is 631. The number of hydrogen-bond donors (Lipinski definition) is 0. The molecule has 0 unspecified atom stereocenters. The molecular weight excluding hydrogens is 340 g/mol. The molecule has 0 aliphatic carbocycles. The average Bonchev–Trinajstić information content (AvgIpc) is 2.78. The van der Waals surface area contributed by atoms with Crippen LogP contribution in [0, 0.1) is 12.7 Å². The van der Waals surface area contributed by atoms with Gasteiger partial charge in [0, 0.05) is 11.9 Å². The molecule has 9 heteroatoms. The zero-order chi connectivity index (χ0) is 16.5. The van der Waals surface area contributed by atoms with Crippen LogP contribution in [0.4, 0.5) is 23.2 Å². The molecule has 1 fully saturated rings. The zero-order valence-corrected chi connectivity index (χ0v) is 13.3. The molecule has 1 aromatic carbocycles. The molecule has 1 saturated heterocycles. The van der Waals surface area contributed by atoms with E-state index < -0.39 is 17.7 Å². The lowest BCUT2D eigenvalue weighted by Gasteiger charge is -2.19. The zero-order valence-electron chi connectivity index (χ0n) is 11.7. The highest BCUT2D eigenvalue weighted by Crippen LogP contribution is 2.36. The van der Waals surface area contributed by atoms with Crippen molar-refractivity contribution in [1.29, 1.82) is 0 Å². The number of aliphatic imine (C=N–C) groups is 1. The summed E-state index contributed by atoms with van der Waals surface area (Å²) >= 11 is 1.73. The number of alkyl halides is 3. The van der Waals surface area contributed by atoms with Gasteiger partial charge in [0.2, 0.25) is 5.91 Å². The smallest absolute Gasteiger partial charge is 0.273 e. The van der Waals surface area contributed by atoms with E-state index >= 15 is 0 Å². The Kier molecular flexibility index (Phi) is 5.06. The number of hydrogen-bond acceptors (Lipinski definition) is 4. The molecule has 1 aliphatic rings. The van der Waals surface area contributed by atoms with Gasteiger partial charge in [0.1, 0.15) is 5.82 Å². The van der Waals surface area contributed by atoms with E-state index in [2.05, 4.69) is 4.99 Å². The number of thioether (sulfide) groups is 2. The molecule has 120 valence electrons. The Balaban J connectivity index is 2.38. The van der Waals surface area contributed by atoms with E-state index in [1.807, 2.05) is 0 Å². The number of halogens is 4. The quantitative estimate of drug-likeness (QED) is 0.612. The third-order valence-electron chi connectivity index (χ3n) is 2.83. The molecule has 3 nitrogen and oxygen atoms in total. The minimum Gasteiger partial charge on any atom is -0.273 e. The highest BCUT2D eigenvalue weighted by molar-refractivity contribution is 8.15. The lowest BCUT2D eigenvalue weighted by Crippen LogP contribution is -2.30. The molecule has 1 aliphatic heterocycles. The molecule has 1 amide bonds. The van der Waals surface area contributed by atoms with E-state index in [1.54, 1.807) is 0 Å². The van der Waals surface area contributed by atoms with Gasteiger partial charge in [0.05, 0.1) is 17.2 Å². The molecule has 0 spiro atoms. The molecule has 0 saturated carbocycles. The minimum absolute atomic E-state index is 0.0640. The summed E-state index contributed by atoms with van der Waals surface area (Å²) in [5, 5.41) is 0.333. The van der Waals surface area contributed by atoms with Crippen LogP contribution in [-0.4, -0.2) is 35.8 Å². The number of anilines is 1. The highest BCUT2D eigenvalue weighted by Gasteiger charge is 2.32. The number of amides is 1. The van der Waals surface area contributed by atoms with Crippen LogP contribution in [0.3, 0.4) is 0 Å². The van der Waals surface area contributed by atoms with Crippen LogP contribution in [0.25, 0.3) is 0 Å². The summed E-state index contributed by atoms with van der Waals surface area (Å²) in [4.78, 5) is 17.2. The Morgan fingerprint density at radius 3 is 2.68 bits per heavy atom. The van der Waals surface area contributed by atoms with Crippen LogP contribution in [0.2, 0.25) is 0 Å². The molecule has 0 aromatic heterocycles. The Morgan fingerprint density at radius 1 is 1.41 bits per heavy atom. The van der Waals surface area contributed by atoms with E-state index in [0.717, 1.165) is 22.7 Å². The number of benzene rings is 1. The first-order chi connectivity index (χ1) is 10.2. The number of aryl methyl sites for hydroxylation is 1. The van der Waals surface area contributed by atoms with Gasteiger partial charge in [-0.25, -0.2) is 4.39 Å². The molecule has 0 atom stereocenters. The van der Waals surface area contributed by atoms with Crippen molar-refractivity contribution >= 4 is 40.3 Å². The van der Waals surface area contributed by atoms with Crippen molar-refractivity contribution in [2.75, 3.05) is 23.5 Å². The summed E-state index contributed by atoms with van der Waals surface area (Å²) in [6.45, 7) is 1.53. The largest absolute Gasteiger partial charge is 0.398 e. The average molecular weight is 352 g/mol. The van der Waals surface area contributed by atoms with Gasteiger partial charge in [0.15, 0.2) is 5.17 Å². The normalized spacial score (nSPS) is 17.6. The molecular formula is C13H12F4N2OS2.